The van der Waals surface area contributed by atoms with Crippen molar-refractivity contribution in [3.8, 4) is 0 Å². The van der Waals surface area contributed by atoms with Crippen molar-refractivity contribution in [2.75, 3.05) is 19.7 Å². The van der Waals surface area contributed by atoms with Gasteiger partial charge in [-0.1, -0.05) is 50.6 Å². The van der Waals surface area contributed by atoms with Gasteiger partial charge in [0.1, 0.15) is 0 Å². The van der Waals surface area contributed by atoms with Crippen molar-refractivity contribution in [2.24, 2.45) is 0 Å². The molecule has 0 N–H and O–H groups in total. The fourth-order valence-electron chi connectivity index (χ4n) is 2.74. The lowest BCUT2D eigenvalue weighted by Crippen LogP contribution is -2.41. The van der Waals surface area contributed by atoms with Gasteiger partial charge in [0.25, 0.3) is 0 Å². The maximum Gasteiger partial charge on any atom is 0.243 e. The third kappa shape index (κ3) is 4.80. The van der Waals surface area contributed by atoms with Crippen molar-refractivity contribution in [2.45, 2.75) is 57.6 Å². The van der Waals surface area contributed by atoms with Crippen LogP contribution in [0.5, 0.6) is 0 Å². The number of hydrogen-bond donors (Lipinski definition) is 0. The number of hydrogen-bond acceptors (Lipinski definition) is 3. The Bertz CT molecular complexity index is 846. The molecule has 27 heavy (non-hydrogen) atoms. The Kier molecular flexibility index (Phi) is 6.26. The number of aryl methyl sites for hydroxylation is 1. The molecule has 0 fully saturated rings. The second-order valence-corrected chi connectivity index (χ2v) is 15.7. The highest BCUT2D eigenvalue weighted by Crippen LogP contribution is 2.37. The third-order valence-electron chi connectivity index (χ3n) is 5.72. The van der Waals surface area contributed by atoms with E-state index in [0.717, 1.165) is 22.3 Å². The molecule has 1 heterocycles. The van der Waals surface area contributed by atoms with E-state index in [9.17, 15) is 8.42 Å². The van der Waals surface area contributed by atoms with Crippen LogP contribution in [0.25, 0.3) is 0 Å². The van der Waals surface area contributed by atoms with Gasteiger partial charge in [-0.15, -0.1) is 0 Å². The summed E-state index contributed by atoms with van der Waals surface area (Å²) in [5.74, 6) is 0. The molecule has 6 heteroatoms. The molecule has 0 aliphatic carbocycles. The van der Waals surface area contributed by atoms with Crippen LogP contribution in [-0.2, 0) is 14.4 Å². The number of rotatable bonds is 6. The Hall–Kier alpha value is -1.21. The Morgan fingerprint density at radius 1 is 1.19 bits per heavy atom. The van der Waals surface area contributed by atoms with Crippen LogP contribution in [0.2, 0.25) is 18.1 Å². The summed E-state index contributed by atoms with van der Waals surface area (Å²) < 4.78 is 34.0. The smallest absolute Gasteiger partial charge is 0.243 e. The molecule has 0 spiro atoms. The molecule has 4 nitrogen and oxygen atoms in total. The number of benzene rings is 1. The maximum atomic E-state index is 13.1. The minimum Gasteiger partial charge on any atom is -0.413 e. The second kappa shape index (κ2) is 7.66. The van der Waals surface area contributed by atoms with Crippen LogP contribution in [0, 0.1) is 6.92 Å². The summed E-state index contributed by atoms with van der Waals surface area (Å²) in [6.45, 7) is 20.2. The van der Waals surface area contributed by atoms with Crippen LogP contribution in [0.3, 0.4) is 0 Å². The Labute approximate surface area is 166 Å². The third-order valence-corrected chi connectivity index (χ3v) is 12.0. The van der Waals surface area contributed by atoms with E-state index in [-0.39, 0.29) is 5.04 Å². The Morgan fingerprint density at radius 3 is 2.22 bits per heavy atom. The molecule has 150 valence electrons. The van der Waals surface area contributed by atoms with Gasteiger partial charge in [0.15, 0.2) is 8.32 Å². The van der Waals surface area contributed by atoms with Gasteiger partial charge >= 0.3 is 0 Å². The number of sulfonamides is 1. The molecule has 0 unspecified atom stereocenters. The monoisotopic (exact) mass is 407 g/mol. The summed E-state index contributed by atoms with van der Waals surface area (Å²) in [6, 6.07) is 7.01. The number of nitrogens with zero attached hydrogens (tertiary/aromatic N) is 1. The highest BCUT2D eigenvalue weighted by Gasteiger charge is 2.39. The normalized spacial score (nSPS) is 16.9. The SMILES string of the molecule is C=C(C)C1=C(CO[Si](C)(C)C(C)(C)C)CN(S(=O)(=O)c2ccc(C)cc2)C1. The van der Waals surface area contributed by atoms with Crippen LogP contribution >= 0.6 is 0 Å². The fraction of sp³-hybridized carbons (Fsp3) is 0.524. The molecule has 1 aromatic rings. The van der Waals surface area contributed by atoms with Crippen LogP contribution in [0.1, 0.15) is 33.3 Å². The molecule has 1 aliphatic heterocycles. The molecule has 0 saturated carbocycles. The first-order valence-electron chi connectivity index (χ1n) is 9.33. The van der Waals surface area contributed by atoms with Gasteiger partial charge in [-0.25, -0.2) is 8.42 Å². The van der Waals surface area contributed by atoms with Gasteiger partial charge in [0, 0.05) is 13.1 Å². The average molecular weight is 408 g/mol. The van der Waals surface area contributed by atoms with Gasteiger partial charge in [0.05, 0.1) is 11.5 Å². The predicted molar refractivity (Wildman–Crippen MR) is 115 cm³/mol. The average Bonchev–Trinajstić information content (AvgIpc) is 2.97. The first kappa shape index (κ1) is 22.1. The quantitative estimate of drug-likeness (QED) is 0.631. The maximum absolute atomic E-state index is 13.1. The van der Waals surface area contributed by atoms with E-state index in [4.69, 9.17) is 4.43 Å². The molecule has 0 saturated heterocycles. The van der Waals surface area contributed by atoms with Gasteiger partial charge in [-0.05, 0) is 55.3 Å². The van der Waals surface area contributed by atoms with Crippen molar-refractivity contribution >= 4 is 18.3 Å². The van der Waals surface area contributed by atoms with E-state index in [1.54, 1.807) is 12.1 Å². The van der Waals surface area contributed by atoms with E-state index in [2.05, 4.69) is 40.4 Å². The topological polar surface area (TPSA) is 46.6 Å². The zero-order chi connectivity index (χ0) is 20.6. The molecule has 1 aromatic carbocycles. The lowest BCUT2D eigenvalue weighted by molar-refractivity contribution is 0.314. The lowest BCUT2D eigenvalue weighted by Gasteiger charge is -2.36. The van der Waals surface area contributed by atoms with E-state index < -0.39 is 18.3 Å². The van der Waals surface area contributed by atoms with Crippen LogP contribution in [0.15, 0.2) is 52.5 Å². The summed E-state index contributed by atoms with van der Waals surface area (Å²) in [7, 11) is -5.44. The van der Waals surface area contributed by atoms with Gasteiger partial charge in [-0.2, -0.15) is 4.31 Å². The standard InChI is InChI=1S/C21H33NO3SSi/c1-16(2)20-14-22(26(23,24)19-11-9-17(3)10-12-19)13-18(20)15-25-27(7,8)21(4,5)6/h9-12H,1,13-15H2,2-8H3. The van der Waals surface area contributed by atoms with Crippen molar-refractivity contribution < 1.29 is 12.8 Å². The van der Waals surface area contributed by atoms with Crippen LogP contribution in [-0.4, -0.2) is 40.7 Å². The minimum absolute atomic E-state index is 0.114. The van der Waals surface area contributed by atoms with Crippen molar-refractivity contribution in [3.63, 3.8) is 0 Å². The van der Waals surface area contributed by atoms with Crippen molar-refractivity contribution in [1.82, 2.24) is 4.31 Å². The minimum atomic E-state index is -3.53. The summed E-state index contributed by atoms with van der Waals surface area (Å²) in [4.78, 5) is 0.334. The summed E-state index contributed by atoms with van der Waals surface area (Å²) in [5.41, 5.74) is 3.98. The van der Waals surface area contributed by atoms with E-state index in [1.807, 2.05) is 26.0 Å². The van der Waals surface area contributed by atoms with Gasteiger partial charge in [0.2, 0.25) is 10.0 Å². The Morgan fingerprint density at radius 2 is 1.74 bits per heavy atom. The molecule has 0 radical (unpaired) electrons. The second-order valence-electron chi connectivity index (χ2n) is 9.00. The molecular weight excluding hydrogens is 374 g/mol. The van der Waals surface area contributed by atoms with Gasteiger partial charge < -0.3 is 4.43 Å². The highest BCUT2D eigenvalue weighted by atomic mass is 32.2. The summed E-state index contributed by atoms with van der Waals surface area (Å²) >= 11 is 0. The predicted octanol–water partition coefficient (Wildman–Crippen LogP) is 4.89. The van der Waals surface area contributed by atoms with Crippen molar-refractivity contribution in [3.05, 3.63) is 53.1 Å². The van der Waals surface area contributed by atoms with Crippen LogP contribution < -0.4 is 0 Å². The highest BCUT2D eigenvalue weighted by molar-refractivity contribution is 7.89. The summed E-state index contributed by atoms with van der Waals surface area (Å²) in [5, 5.41) is 0.114. The molecule has 1 aliphatic rings. The molecule has 0 atom stereocenters. The van der Waals surface area contributed by atoms with Crippen LogP contribution in [0.4, 0.5) is 0 Å². The molecule has 0 amide bonds. The largest absolute Gasteiger partial charge is 0.413 e. The fourth-order valence-corrected chi connectivity index (χ4v) is 5.11. The zero-order valence-electron chi connectivity index (χ0n) is 17.7. The summed E-state index contributed by atoms with van der Waals surface area (Å²) in [6.07, 6.45) is 0. The van der Waals surface area contributed by atoms with Gasteiger partial charge in [-0.3, -0.25) is 0 Å². The molecule has 0 bridgehead atoms. The van der Waals surface area contributed by atoms with E-state index >= 15 is 0 Å². The Balaban J connectivity index is 2.23. The molecule has 0 aromatic heterocycles. The van der Waals surface area contributed by atoms with E-state index in [0.29, 0.717) is 24.6 Å². The molecule has 2 rings (SSSR count). The first-order valence-corrected chi connectivity index (χ1v) is 13.7. The molecular formula is C21H33NO3SSi. The first-order chi connectivity index (χ1) is 12.3. The zero-order valence-corrected chi connectivity index (χ0v) is 19.5. The lowest BCUT2D eigenvalue weighted by atomic mass is 10.1. The van der Waals surface area contributed by atoms with Crippen molar-refractivity contribution in [1.29, 1.82) is 0 Å². The van der Waals surface area contributed by atoms with E-state index in [1.165, 1.54) is 4.31 Å².